The SMILES string of the molecule is CCCOC(=O)/C=C(\COc1cc(-c2c(Cl)n3n(c2=O)CCCC3)c(F)cc1Cl)OCC. The smallest absolute Gasteiger partial charge is 0.334 e. The molecule has 1 aromatic heterocycles. The van der Waals surface area contributed by atoms with Crippen LogP contribution in [-0.4, -0.2) is 35.2 Å². The van der Waals surface area contributed by atoms with Crippen LogP contribution in [0.5, 0.6) is 5.75 Å². The number of nitrogens with zero attached hydrogens (tertiary/aromatic N) is 2. The van der Waals surface area contributed by atoms with Crippen molar-refractivity contribution in [1.82, 2.24) is 9.36 Å². The summed E-state index contributed by atoms with van der Waals surface area (Å²) >= 11 is 12.6. The van der Waals surface area contributed by atoms with E-state index in [0.717, 1.165) is 18.9 Å². The summed E-state index contributed by atoms with van der Waals surface area (Å²) in [7, 11) is 0. The fraction of sp³-hybridized carbons (Fsp3) is 0.455. The summed E-state index contributed by atoms with van der Waals surface area (Å²) in [6.07, 6.45) is 3.63. The highest BCUT2D eigenvalue weighted by Gasteiger charge is 2.25. The van der Waals surface area contributed by atoms with E-state index >= 15 is 0 Å². The van der Waals surface area contributed by atoms with E-state index in [1.54, 1.807) is 11.6 Å². The van der Waals surface area contributed by atoms with Crippen molar-refractivity contribution in [3.05, 3.63) is 50.3 Å². The number of benzene rings is 1. The molecule has 174 valence electrons. The molecule has 0 aliphatic carbocycles. The van der Waals surface area contributed by atoms with Crippen molar-refractivity contribution in [2.75, 3.05) is 19.8 Å². The topological polar surface area (TPSA) is 71.7 Å². The zero-order chi connectivity index (χ0) is 23.3. The van der Waals surface area contributed by atoms with E-state index in [1.165, 1.54) is 16.8 Å². The molecule has 1 aromatic carbocycles. The average molecular weight is 487 g/mol. The van der Waals surface area contributed by atoms with Crippen LogP contribution in [0.2, 0.25) is 10.2 Å². The molecule has 0 saturated heterocycles. The van der Waals surface area contributed by atoms with Crippen LogP contribution in [0.15, 0.2) is 28.8 Å². The standard InChI is InChI=1S/C22H25Cl2FN2O5/c1-3-9-31-19(28)10-14(30-4-2)13-32-18-11-15(17(25)12-16(18)23)20-21(24)26-7-5-6-8-27(26)22(20)29/h10-12H,3-9,13H2,1-2H3/b14-10+. The molecule has 3 rings (SSSR count). The third-order valence-corrected chi connectivity index (χ3v) is 5.56. The highest BCUT2D eigenvalue weighted by Crippen LogP contribution is 2.36. The first-order valence-electron chi connectivity index (χ1n) is 10.5. The van der Waals surface area contributed by atoms with E-state index in [-0.39, 0.29) is 45.0 Å². The minimum Gasteiger partial charge on any atom is -0.494 e. The van der Waals surface area contributed by atoms with Crippen molar-refractivity contribution in [2.24, 2.45) is 0 Å². The lowest BCUT2D eigenvalue weighted by Gasteiger charge is -2.17. The monoisotopic (exact) mass is 486 g/mol. The second-order valence-corrected chi connectivity index (χ2v) is 7.95. The van der Waals surface area contributed by atoms with Gasteiger partial charge in [0, 0.05) is 18.7 Å². The quantitative estimate of drug-likeness (QED) is 0.289. The molecule has 1 aliphatic rings. The number of aromatic nitrogens is 2. The lowest BCUT2D eigenvalue weighted by molar-refractivity contribution is -0.138. The number of carbonyl (C=O) groups is 1. The fourth-order valence-electron chi connectivity index (χ4n) is 3.42. The lowest BCUT2D eigenvalue weighted by atomic mass is 10.1. The Labute approximate surface area is 195 Å². The van der Waals surface area contributed by atoms with Gasteiger partial charge in [0.05, 0.1) is 29.9 Å². The molecule has 10 heteroatoms. The van der Waals surface area contributed by atoms with Gasteiger partial charge in [-0.25, -0.2) is 13.9 Å². The highest BCUT2D eigenvalue weighted by atomic mass is 35.5. The molecule has 0 amide bonds. The van der Waals surface area contributed by atoms with Crippen LogP contribution in [0.4, 0.5) is 4.39 Å². The number of esters is 1. The third-order valence-electron chi connectivity index (χ3n) is 4.88. The molecule has 0 N–H and O–H groups in total. The largest absolute Gasteiger partial charge is 0.494 e. The maximum atomic E-state index is 14.8. The van der Waals surface area contributed by atoms with Gasteiger partial charge in [0.2, 0.25) is 0 Å². The van der Waals surface area contributed by atoms with Crippen LogP contribution in [0, 0.1) is 5.82 Å². The maximum absolute atomic E-state index is 14.8. The van der Waals surface area contributed by atoms with E-state index in [0.29, 0.717) is 32.7 Å². The molecule has 7 nitrogen and oxygen atoms in total. The normalized spacial score (nSPS) is 13.6. The summed E-state index contributed by atoms with van der Waals surface area (Å²) < 4.78 is 34.1. The predicted molar refractivity (Wildman–Crippen MR) is 120 cm³/mol. The van der Waals surface area contributed by atoms with Crippen molar-refractivity contribution in [3.8, 4) is 16.9 Å². The molecule has 0 bridgehead atoms. The number of ether oxygens (including phenoxy) is 3. The number of rotatable bonds is 9. The molecule has 0 spiro atoms. The Morgan fingerprint density at radius 3 is 2.53 bits per heavy atom. The first kappa shape index (κ1) is 24.2. The molecule has 1 aliphatic heterocycles. The molecule has 2 aromatic rings. The molecule has 0 atom stereocenters. The van der Waals surface area contributed by atoms with E-state index in [1.807, 2.05) is 6.92 Å². The van der Waals surface area contributed by atoms with E-state index < -0.39 is 11.8 Å². The Morgan fingerprint density at radius 1 is 1.16 bits per heavy atom. The third kappa shape index (κ3) is 5.30. The van der Waals surface area contributed by atoms with Gasteiger partial charge in [-0.2, -0.15) is 0 Å². The van der Waals surface area contributed by atoms with Gasteiger partial charge in [0.1, 0.15) is 29.1 Å². The van der Waals surface area contributed by atoms with Crippen molar-refractivity contribution >= 4 is 29.2 Å². The Kier molecular flexibility index (Phi) is 8.26. The second kappa shape index (κ2) is 10.9. The number of hydrogen-bond donors (Lipinski definition) is 0. The van der Waals surface area contributed by atoms with E-state index in [4.69, 9.17) is 37.4 Å². The molecule has 32 heavy (non-hydrogen) atoms. The molecule has 0 unspecified atom stereocenters. The summed E-state index contributed by atoms with van der Waals surface area (Å²) in [5.74, 6) is -0.884. The van der Waals surface area contributed by atoms with Gasteiger partial charge >= 0.3 is 5.97 Å². The van der Waals surface area contributed by atoms with Crippen molar-refractivity contribution in [3.63, 3.8) is 0 Å². The van der Waals surface area contributed by atoms with Gasteiger partial charge in [0.25, 0.3) is 5.56 Å². The highest BCUT2D eigenvalue weighted by molar-refractivity contribution is 6.33. The van der Waals surface area contributed by atoms with Gasteiger partial charge in [-0.3, -0.25) is 9.48 Å². The summed E-state index contributed by atoms with van der Waals surface area (Å²) in [6.45, 7) is 5.22. The van der Waals surface area contributed by atoms with Crippen molar-refractivity contribution in [2.45, 2.75) is 46.2 Å². The summed E-state index contributed by atoms with van der Waals surface area (Å²) in [5, 5.41) is 0.186. The lowest BCUT2D eigenvalue weighted by Crippen LogP contribution is -2.27. The number of hydrogen-bond acceptors (Lipinski definition) is 5. The second-order valence-electron chi connectivity index (χ2n) is 7.19. The Bertz CT molecular complexity index is 1080. The van der Waals surface area contributed by atoms with Crippen LogP contribution in [-0.2, 0) is 27.4 Å². The number of fused-ring (bicyclic) bond motifs is 1. The van der Waals surface area contributed by atoms with E-state index in [9.17, 15) is 14.0 Å². The van der Waals surface area contributed by atoms with Crippen molar-refractivity contribution < 1.29 is 23.4 Å². The molecule has 0 radical (unpaired) electrons. The van der Waals surface area contributed by atoms with E-state index in [2.05, 4.69) is 0 Å². The predicted octanol–water partition coefficient (Wildman–Crippen LogP) is 4.81. The Hall–Kier alpha value is -2.45. The van der Waals surface area contributed by atoms with Gasteiger partial charge in [-0.05, 0) is 38.3 Å². The summed E-state index contributed by atoms with van der Waals surface area (Å²) in [5.41, 5.74) is -0.301. The molecule has 2 heterocycles. The number of carbonyl (C=O) groups excluding carboxylic acids is 1. The maximum Gasteiger partial charge on any atom is 0.334 e. The van der Waals surface area contributed by atoms with Crippen LogP contribution in [0.1, 0.15) is 33.1 Å². The Balaban J connectivity index is 1.89. The first-order chi connectivity index (χ1) is 15.4. The van der Waals surface area contributed by atoms with Gasteiger partial charge in [-0.15, -0.1) is 0 Å². The summed E-state index contributed by atoms with van der Waals surface area (Å²) in [6, 6.07) is 2.41. The minimum absolute atomic E-state index is 0.00176. The van der Waals surface area contributed by atoms with Crippen LogP contribution in [0.25, 0.3) is 11.1 Å². The zero-order valence-corrected chi connectivity index (χ0v) is 19.5. The van der Waals surface area contributed by atoms with Crippen molar-refractivity contribution in [1.29, 1.82) is 0 Å². The van der Waals surface area contributed by atoms with Crippen LogP contribution >= 0.6 is 23.2 Å². The zero-order valence-electron chi connectivity index (χ0n) is 18.0. The fourth-order valence-corrected chi connectivity index (χ4v) is 3.98. The molecule has 0 saturated carbocycles. The van der Waals surface area contributed by atoms with Crippen LogP contribution < -0.4 is 10.3 Å². The van der Waals surface area contributed by atoms with Crippen LogP contribution in [0.3, 0.4) is 0 Å². The Morgan fingerprint density at radius 2 is 1.88 bits per heavy atom. The molecular weight excluding hydrogens is 462 g/mol. The minimum atomic E-state index is -0.686. The molecular formula is C22H25Cl2FN2O5. The van der Waals surface area contributed by atoms with Gasteiger partial charge in [-0.1, -0.05) is 30.1 Å². The van der Waals surface area contributed by atoms with Gasteiger partial charge in [0.15, 0.2) is 0 Å². The first-order valence-corrected chi connectivity index (χ1v) is 11.2. The molecule has 0 fully saturated rings. The number of halogens is 3. The average Bonchev–Trinajstić information content (AvgIpc) is 3.02. The summed E-state index contributed by atoms with van der Waals surface area (Å²) in [4.78, 5) is 24.7. The van der Waals surface area contributed by atoms with Gasteiger partial charge < -0.3 is 14.2 Å².